The lowest BCUT2D eigenvalue weighted by molar-refractivity contribution is 0.00578. The van der Waals surface area contributed by atoms with Gasteiger partial charge in [-0.25, -0.2) is 4.39 Å². The first-order valence-electron chi connectivity index (χ1n) is 8.81. The van der Waals surface area contributed by atoms with Gasteiger partial charge >= 0.3 is 7.12 Å². The third-order valence-corrected chi connectivity index (χ3v) is 5.58. The van der Waals surface area contributed by atoms with Crippen LogP contribution in [0.15, 0.2) is 18.2 Å². The Balaban J connectivity index is 0.00000243. The molecule has 1 aromatic rings. The Morgan fingerprint density at radius 2 is 1.73 bits per heavy atom. The summed E-state index contributed by atoms with van der Waals surface area (Å²) in [5.41, 5.74) is 5.53. The maximum atomic E-state index is 14.6. The Morgan fingerprint density at radius 3 is 2.23 bits per heavy atom. The van der Waals surface area contributed by atoms with Crippen molar-refractivity contribution in [1.29, 1.82) is 0 Å². The number of hydrogen-bond donors (Lipinski definition) is 1. The summed E-state index contributed by atoms with van der Waals surface area (Å²) < 4.78 is 26.5. The van der Waals surface area contributed by atoms with Gasteiger partial charge in [0.1, 0.15) is 5.82 Å². The Labute approximate surface area is 160 Å². The molecule has 2 fully saturated rings. The molecule has 0 aromatic heterocycles. The molecule has 2 N–H and O–H groups in total. The van der Waals surface area contributed by atoms with Crippen molar-refractivity contribution in [1.82, 2.24) is 4.90 Å². The Kier molecular flexibility index (Phi) is 6.08. The van der Waals surface area contributed by atoms with E-state index in [1.165, 1.54) is 12.1 Å². The predicted molar refractivity (Wildman–Crippen MR) is 102 cm³/mol. The Hall–Kier alpha value is -1.15. The number of rotatable bonds is 2. The molecule has 0 unspecified atom stereocenters. The fraction of sp³-hybridized carbons (Fsp3) is 0.611. The largest absolute Gasteiger partial charge is 0.494 e. The Morgan fingerprint density at radius 1 is 1.19 bits per heavy atom. The summed E-state index contributed by atoms with van der Waals surface area (Å²) in [6.45, 7) is 8.92. The van der Waals surface area contributed by atoms with E-state index >= 15 is 0 Å². The number of hydrogen-bond acceptors (Lipinski definition) is 4. The molecule has 0 saturated carbocycles. The molecule has 1 amide bonds. The van der Waals surface area contributed by atoms with Crippen LogP contribution in [0.5, 0.6) is 0 Å². The molecule has 8 heteroatoms. The van der Waals surface area contributed by atoms with Gasteiger partial charge in [0.25, 0.3) is 5.91 Å². The number of halogens is 2. The summed E-state index contributed by atoms with van der Waals surface area (Å²) >= 11 is 0. The molecule has 26 heavy (non-hydrogen) atoms. The minimum atomic E-state index is -0.642. The number of nitrogens with two attached hydrogens (primary N) is 1. The highest BCUT2D eigenvalue weighted by atomic mass is 35.5. The smallest absolute Gasteiger partial charge is 0.399 e. The van der Waals surface area contributed by atoms with Crippen molar-refractivity contribution in [3.05, 3.63) is 29.6 Å². The second-order valence-electron chi connectivity index (χ2n) is 7.96. The number of piperidine rings is 1. The molecule has 2 heterocycles. The van der Waals surface area contributed by atoms with Crippen molar-refractivity contribution in [2.24, 2.45) is 5.73 Å². The first-order valence-corrected chi connectivity index (χ1v) is 8.81. The van der Waals surface area contributed by atoms with Gasteiger partial charge in [0.05, 0.1) is 16.8 Å². The normalized spacial score (nSPS) is 22.2. The summed E-state index contributed by atoms with van der Waals surface area (Å²) in [4.78, 5) is 14.2. The zero-order valence-corrected chi connectivity index (χ0v) is 16.6. The highest BCUT2D eigenvalue weighted by Crippen LogP contribution is 2.36. The van der Waals surface area contributed by atoms with Crippen molar-refractivity contribution in [2.45, 2.75) is 57.8 Å². The maximum absolute atomic E-state index is 14.6. The molecular weight excluding hydrogens is 357 g/mol. The van der Waals surface area contributed by atoms with E-state index in [0.717, 1.165) is 12.8 Å². The van der Waals surface area contributed by atoms with Crippen LogP contribution in [0.4, 0.5) is 4.39 Å². The Bertz CT molecular complexity index is 662. The average molecular weight is 385 g/mol. The SMILES string of the molecule is CC1(C)OB(c2ccc(C(=O)N3CCC(N)CC3)c(F)c2)OC1(C)C.Cl. The second-order valence-corrected chi connectivity index (χ2v) is 7.96. The van der Waals surface area contributed by atoms with Crippen molar-refractivity contribution < 1.29 is 18.5 Å². The zero-order valence-electron chi connectivity index (χ0n) is 15.8. The number of carbonyl (C=O) groups excluding carboxylic acids is 1. The van der Waals surface area contributed by atoms with Gasteiger partial charge in [0, 0.05) is 19.1 Å². The van der Waals surface area contributed by atoms with E-state index < -0.39 is 24.1 Å². The highest BCUT2D eigenvalue weighted by Gasteiger charge is 2.51. The fourth-order valence-corrected chi connectivity index (χ4v) is 3.10. The number of nitrogens with zero attached hydrogens (tertiary/aromatic N) is 1. The van der Waals surface area contributed by atoms with Gasteiger partial charge < -0.3 is 19.9 Å². The molecule has 3 rings (SSSR count). The van der Waals surface area contributed by atoms with Crippen LogP contribution in [0.2, 0.25) is 0 Å². The number of carbonyl (C=O) groups is 1. The van der Waals surface area contributed by atoms with E-state index in [1.807, 2.05) is 27.7 Å². The lowest BCUT2D eigenvalue weighted by Gasteiger charge is -2.32. The van der Waals surface area contributed by atoms with Crippen molar-refractivity contribution in [2.75, 3.05) is 13.1 Å². The van der Waals surface area contributed by atoms with Gasteiger partial charge in [-0.3, -0.25) is 4.79 Å². The fourth-order valence-electron chi connectivity index (χ4n) is 3.10. The molecule has 0 bridgehead atoms. The first kappa shape index (κ1) is 21.2. The van der Waals surface area contributed by atoms with Gasteiger partial charge in [-0.2, -0.15) is 0 Å². The summed E-state index contributed by atoms with van der Waals surface area (Å²) in [7, 11) is -0.642. The van der Waals surface area contributed by atoms with Crippen LogP contribution in [-0.4, -0.2) is 48.3 Å². The molecule has 0 aliphatic carbocycles. The van der Waals surface area contributed by atoms with Crippen molar-refractivity contribution >= 4 is 30.9 Å². The molecule has 2 saturated heterocycles. The van der Waals surface area contributed by atoms with Crippen LogP contribution in [0, 0.1) is 5.82 Å². The minimum Gasteiger partial charge on any atom is -0.399 e. The van der Waals surface area contributed by atoms with Crippen LogP contribution in [0.1, 0.15) is 50.9 Å². The number of amides is 1. The van der Waals surface area contributed by atoms with E-state index in [9.17, 15) is 9.18 Å². The standard InChI is InChI=1S/C18H26BFN2O3.ClH/c1-17(2)18(3,4)25-19(24-17)12-5-6-14(15(20)11-12)16(23)22-9-7-13(21)8-10-22;/h5-6,11,13H,7-10,21H2,1-4H3;1H. The van der Waals surface area contributed by atoms with Crippen LogP contribution in [-0.2, 0) is 9.31 Å². The molecular formula is C18H27BClFN2O3. The van der Waals surface area contributed by atoms with Gasteiger partial charge in [-0.05, 0) is 58.1 Å². The second kappa shape index (κ2) is 7.47. The van der Waals surface area contributed by atoms with Gasteiger partial charge in [0.2, 0.25) is 0 Å². The van der Waals surface area contributed by atoms with E-state index in [-0.39, 0.29) is 29.9 Å². The summed E-state index contributed by atoms with van der Waals surface area (Å²) in [5.74, 6) is -0.836. The summed E-state index contributed by atoms with van der Waals surface area (Å²) in [6, 6.07) is 4.69. The molecule has 144 valence electrons. The van der Waals surface area contributed by atoms with Crippen molar-refractivity contribution in [3.63, 3.8) is 0 Å². The molecule has 1 aromatic carbocycles. The highest BCUT2D eigenvalue weighted by molar-refractivity contribution is 6.62. The topological polar surface area (TPSA) is 64.8 Å². The van der Waals surface area contributed by atoms with Gasteiger partial charge in [0.15, 0.2) is 0 Å². The maximum Gasteiger partial charge on any atom is 0.494 e. The molecule has 5 nitrogen and oxygen atoms in total. The molecule has 0 atom stereocenters. The number of benzene rings is 1. The van der Waals surface area contributed by atoms with Crippen molar-refractivity contribution in [3.8, 4) is 0 Å². The molecule has 0 spiro atoms. The van der Waals surface area contributed by atoms with E-state index in [1.54, 1.807) is 11.0 Å². The zero-order chi connectivity index (χ0) is 18.4. The molecule has 2 aliphatic rings. The van der Waals surface area contributed by atoms with Gasteiger partial charge in [-0.15, -0.1) is 12.4 Å². The first-order chi connectivity index (χ1) is 11.6. The minimum absolute atomic E-state index is 0. The third kappa shape index (κ3) is 3.91. The van der Waals surface area contributed by atoms with Crippen LogP contribution >= 0.6 is 12.4 Å². The van der Waals surface area contributed by atoms with Crippen LogP contribution < -0.4 is 11.2 Å². The lowest BCUT2D eigenvalue weighted by atomic mass is 9.78. The van der Waals surface area contributed by atoms with Gasteiger partial charge in [-0.1, -0.05) is 6.07 Å². The van der Waals surface area contributed by atoms with Crippen LogP contribution in [0.3, 0.4) is 0 Å². The molecule has 0 radical (unpaired) electrons. The third-order valence-electron chi connectivity index (χ3n) is 5.58. The van der Waals surface area contributed by atoms with E-state index in [2.05, 4.69) is 0 Å². The van der Waals surface area contributed by atoms with E-state index in [4.69, 9.17) is 15.0 Å². The number of likely N-dealkylation sites (tertiary alicyclic amines) is 1. The summed E-state index contributed by atoms with van der Waals surface area (Å²) in [6.07, 6.45) is 1.50. The monoisotopic (exact) mass is 384 g/mol. The van der Waals surface area contributed by atoms with E-state index in [0.29, 0.717) is 18.6 Å². The molecule has 2 aliphatic heterocycles. The summed E-state index contributed by atoms with van der Waals surface area (Å²) in [5, 5.41) is 0. The quantitative estimate of drug-likeness (QED) is 0.793. The van der Waals surface area contributed by atoms with Crippen LogP contribution in [0.25, 0.3) is 0 Å². The average Bonchev–Trinajstić information content (AvgIpc) is 2.75. The lowest BCUT2D eigenvalue weighted by Crippen LogP contribution is -2.43. The predicted octanol–water partition coefficient (Wildman–Crippen LogP) is 2.11.